The van der Waals surface area contributed by atoms with Crippen LogP contribution in [-0.2, 0) is 14.9 Å². The first-order valence-corrected chi connectivity index (χ1v) is 11.0. The Morgan fingerprint density at radius 3 is 2.53 bits per heavy atom. The topological polar surface area (TPSA) is 116 Å². The molecule has 2 aromatic heterocycles. The summed E-state index contributed by atoms with van der Waals surface area (Å²) in [5.74, 6) is -0.542. The maximum absolute atomic E-state index is 12.6. The molecule has 0 aliphatic heterocycles. The van der Waals surface area contributed by atoms with E-state index in [1.807, 2.05) is 20.8 Å². The highest BCUT2D eigenvalue weighted by atomic mass is 32.2. The molecule has 1 N–H and O–H groups in total. The van der Waals surface area contributed by atoms with Crippen LogP contribution in [0.1, 0.15) is 43.7 Å². The Morgan fingerprint density at radius 1 is 1.20 bits per heavy atom. The summed E-state index contributed by atoms with van der Waals surface area (Å²) in [4.78, 5) is 36.8. The lowest BCUT2D eigenvalue weighted by molar-refractivity contribution is -0.113. The van der Waals surface area contributed by atoms with Crippen LogP contribution in [-0.4, -0.2) is 44.0 Å². The molecule has 1 amide bonds. The number of benzene rings is 1. The highest BCUT2D eigenvalue weighted by Gasteiger charge is 2.23. The van der Waals surface area contributed by atoms with Crippen molar-refractivity contribution >= 4 is 45.6 Å². The Kier molecular flexibility index (Phi) is 6.52. The number of carbonyl (C=O) groups is 2. The lowest BCUT2D eigenvalue weighted by atomic mass is 9.93. The predicted octanol–water partition coefficient (Wildman–Crippen LogP) is 2.75. The number of nitrogens with zero attached hydrogens (tertiary/aromatic N) is 4. The molecule has 1 aromatic carbocycles. The standard InChI is InChI=1S/C19H21N5O4S2/c1-5-28-16(27)11-6-8-12(9-7-11)20-13(25)10-29-18-23-24-15(26)14(19(2,3)4)21-22-17(24)30-18/h6-9H,5,10H2,1-4H3,(H,20,25). The zero-order valence-corrected chi connectivity index (χ0v) is 18.6. The molecule has 0 radical (unpaired) electrons. The molecule has 3 aromatic rings. The fourth-order valence-corrected chi connectivity index (χ4v) is 4.13. The van der Waals surface area contributed by atoms with Crippen LogP contribution in [0.3, 0.4) is 0 Å². The summed E-state index contributed by atoms with van der Waals surface area (Å²) in [5, 5.41) is 15.1. The molecule has 0 aliphatic rings. The number of fused-ring (bicyclic) bond motifs is 1. The molecule has 9 nitrogen and oxygen atoms in total. The first-order chi connectivity index (χ1) is 14.2. The van der Waals surface area contributed by atoms with Gasteiger partial charge >= 0.3 is 5.97 Å². The number of thioether (sulfide) groups is 1. The first kappa shape index (κ1) is 21.9. The van der Waals surface area contributed by atoms with Gasteiger partial charge in [-0.1, -0.05) is 43.9 Å². The second kappa shape index (κ2) is 8.92. The summed E-state index contributed by atoms with van der Waals surface area (Å²) >= 11 is 2.40. The van der Waals surface area contributed by atoms with E-state index in [1.165, 1.54) is 27.6 Å². The van der Waals surface area contributed by atoms with E-state index < -0.39 is 11.4 Å². The van der Waals surface area contributed by atoms with E-state index in [9.17, 15) is 14.4 Å². The quantitative estimate of drug-likeness (QED) is 0.453. The molecule has 0 unspecified atom stereocenters. The van der Waals surface area contributed by atoms with Gasteiger partial charge in [0.2, 0.25) is 10.9 Å². The third-order valence-electron chi connectivity index (χ3n) is 3.89. The van der Waals surface area contributed by atoms with Crippen LogP contribution in [0.4, 0.5) is 5.69 Å². The van der Waals surface area contributed by atoms with Gasteiger partial charge in [0, 0.05) is 11.1 Å². The van der Waals surface area contributed by atoms with Crippen molar-refractivity contribution in [2.24, 2.45) is 0 Å². The van der Waals surface area contributed by atoms with Gasteiger partial charge in [-0.25, -0.2) is 4.79 Å². The van der Waals surface area contributed by atoms with E-state index in [-0.39, 0.29) is 17.2 Å². The van der Waals surface area contributed by atoms with Gasteiger partial charge in [0.15, 0.2) is 4.34 Å². The smallest absolute Gasteiger partial charge is 0.338 e. The van der Waals surface area contributed by atoms with E-state index in [0.717, 1.165) is 0 Å². The highest BCUT2D eigenvalue weighted by Crippen LogP contribution is 2.24. The summed E-state index contributed by atoms with van der Waals surface area (Å²) in [6.07, 6.45) is 0. The molecular weight excluding hydrogens is 426 g/mol. The maximum Gasteiger partial charge on any atom is 0.338 e. The van der Waals surface area contributed by atoms with Gasteiger partial charge in [-0.15, -0.1) is 15.3 Å². The van der Waals surface area contributed by atoms with E-state index in [1.54, 1.807) is 31.2 Å². The van der Waals surface area contributed by atoms with Crippen molar-refractivity contribution in [3.63, 3.8) is 0 Å². The first-order valence-electron chi connectivity index (χ1n) is 9.16. The minimum absolute atomic E-state index is 0.105. The number of ether oxygens (including phenoxy) is 1. The van der Waals surface area contributed by atoms with Gasteiger partial charge in [0.1, 0.15) is 5.69 Å². The third kappa shape index (κ3) is 5.03. The number of amides is 1. The van der Waals surface area contributed by atoms with Crippen molar-refractivity contribution in [2.45, 2.75) is 37.4 Å². The van der Waals surface area contributed by atoms with Gasteiger partial charge in [-0.3, -0.25) is 9.59 Å². The number of nitrogens with one attached hydrogen (secondary N) is 1. The van der Waals surface area contributed by atoms with Crippen molar-refractivity contribution in [1.82, 2.24) is 19.8 Å². The lowest BCUT2D eigenvalue weighted by Crippen LogP contribution is -2.30. The fourth-order valence-electron chi connectivity index (χ4n) is 2.45. The van der Waals surface area contributed by atoms with Crippen molar-refractivity contribution in [3.8, 4) is 0 Å². The second-order valence-corrected chi connectivity index (χ2v) is 9.48. The van der Waals surface area contributed by atoms with Crippen molar-refractivity contribution in [3.05, 3.63) is 45.9 Å². The highest BCUT2D eigenvalue weighted by molar-refractivity contribution is 8.01. The zero-order chi connectivity index (χ0) is 21.9. The van der Waals surface area contributed by atoms with Gasteiger partial charge < -0.3 is 10.1 Å². The van der Waals surface area contributed by atoms with Crippen LogP contribution in [0.15, 0.2) is 33.4 Å². The van der Waals surface area contributed by atoms with Crippen molar-refractivity contribution in [1.29, 1.82) is 0 Å². The summed E-state index contributed by atoms with van der Waals surface area (Å²) in [7, 11) is 0. The third-order valence-corrected chi connectivity index (χ3v) is 5.92. The van der Waals surface area contributed by atoms with Gasteiger partial charge in [0.25, 0.3) is 5.56 Å². The molecule has 0 fully saturated rings. The van der Waals surface area contributed by atoms with Crippen molar-refractivity contribution < 1.29 is 14.3 Å². The number of anilines is 1. The van der Waals surface area contributed by atoms with Crippen LogP contribution in [0.25, 0.3) is 4.96 Å². The van der Waals surface area contributed by atoms with Crippen LogP contribution < -0.4 is 10.9 Å². The molecule has 2 heterocycles. The van der Waals surface area contributed by atoms with E-state index in [2.05, 4.69) is 20.6 Å². The Labute approximate surface area is 180 Å². The van der Waals surface area contributed by atoms with Gasteiger partial charge in [-0.2, -0.15) is 4.52 Å². The SMILES string of the molecule is CCOC(=O)c1ccc(NC(=O)CSc2nn3c(=O)c(C(C)(C)C)nnc3s2)cc1. The number of rotatable bonds is 6. The predicted molar refractivity (Wildman–Crippen MR) is 115 cm³/mol. The fraction of sp³-hybridized carbons (Fsp3) is 0.368. The van der Waals surface area contributed by atoms with Crippen LogP contribution in [0.2, 0.25) is 0 Å². The minimum Gasteiger partial charge on any atom is -0.462 e. The molecular formula is C19H21N5O4S2. The summed E-state index contributed by atoms with van der Waals surface area (Å²) in [6, 6.07) is 6.45. The maximum atomic E-state index is 12.6. The van der Waals surface area contributed by atoms with Crippen LogP contribution in [0.5, 0.6) is 0 Å². The summed E-state index contributed by atoms with van der Waals surface area (Å²) in [5.41, 5.74) is 0.576. The number of carbonyl (C=O) groups excluding carboxylic acids is 2. The number of hydrogen-bond donors (Lipinski definition) is 1. The molecule has 0 bridgehead atoms. The molecule has 0 aliphatic carbocycles. The lowest BCUT2D eigenvalue weighted by Gasteiger charge is -2.14. The molecule has 3 rings (SSSR count). The molecule has 30 heavy (non-hydrogen) atoms. The Balaban J connectivity index is 1.63. The zero-order valence-electron chi connectivity index (χ0n) is 17.0. The van der Waals surface area contributed by atoms with Gasteiger partial charge in [0.05, 0.1) is 17.9 Å². The van der Waals surface area contributed by atoms with Crippen LogP contribution in [0, 0.1) is 0 Å². The average molecular weight is 448 g/mol. The van der Waals surface area contributed by atoms with E-state index in [4.69, 9.17) is 4.74 Å². The number of aromatic nitrogens is 4. The number of esters is 1. The molecule has 158 valence electrons. The Bertz CT molecular complexity index is 1130. The number of hydrogen-bond acceptors (Lipinski definition) is 9. The molecule has 0 saturated heterocycles. The van der Waals surface area contributed by atoms with E-state index >= 15 is 0 Å². The second-order valence-electron chi connectivity index (χ2n) is 7.30. The Morgan fingerprint density at radius 2 is 1.90 bits per heavy atom. The molecule has 11 heteroatoms. The minimum atomic E-state index is -0.440. The van der Waals surface area contributed by atoms with Crippen LogP contribution >= 0.6 is 23.1 Å². The summed E-state index contributed by atoms with van der Waals surface area (Å²) < 4.78 is 6.70. The Hall–Kier alpha value is -2.79. The van der Waals surface area contributed by atoms with Crippen molar-refractivity contribution in [2.75, 3.05) is 17.7 Å². The van der Waals surface area contributed by atoms with E-state index in [0.29, 0.717) is 32.9 Å². The molecule has 0 spiro atoms. The largest absolute Gasteiger partial charge is 0.462 e. The monoisotopic (exact) mass is 447 g/mol. The normalized spacial score (nSPS) is 11.5. The summed E-state index contributed by atoms with van der Waals surface area (Å²) in [6.45, 7) is 7.70. The molecule has 0 saturated carbocycles. The van der Waals surface area contributed by atoms with Gasteiger partial charge in [-0.05, 0) is 31.2 Å². The average Bonchev–Trinajstić information content (AvgIpc) is 3.10. The molecule has 0 atom stereocenters.